The van der Waals surface area contributed by atoms with E-state index in [1.807, 2.05) is 11.3 Å². The molecule has 0 saturated heterocycles. The van der Waals surface area contributed by atoms with Crippen LogP contribution in [0.3, 0.4) is 0 Å². The molecule has 3 heteroatoms. The average molecular weight is 593 g/mol. The van der Waals surface area contributed by atoms with Crippen molar-refractivity contribution in [2.75, 3.05) is 4.90 Å². The number of thiophene rings is 1. The van der Waals surface area contributed by atoms with Gasteiger partial charge in [0.25, 0.3) is 0 Å². The van der Waals surface area contributed by atoms with E-state index in [-0.39, 0.29) is 0 Å². The zero-order valence-corrected chi connectivity index (χ0v) is 25.3. The van der Waals surface area contributed by atoms with Crippen LogP contribution in [0.2, 0.25) is 0 Å². The van der Waals surface area contributed by atoms with E-state index in [9.17, 15) is 0 Å². The van der Waals surface area contributed by atoms with Gasteiger partial charge in [0, 0.05) is 53.7 Å². The normalized spacial score (nSPS) is 11.6. The summed E-state index contributed by atoms with van der Waals surface area (Å²) in [7, 11) is 0. The van der Waals surface area contributed by atoms with E-state index in [2.05, 4.69) is 179 Å². The van der Waals surface area contributed by atoms with Gasteiger partial charge in [0.05, 0.1) is 11.0 Å². The van der Waals surface area contributed by atoms with Crippen LogP contribution in [0.1, 0.15) is 0 Å². The minimum atomic E-state index is 1.12. The number of hydrogen-bond acceptors (Lipinski definition) is 2. The third-order valence-corrected chi connectivity index (χ3v) is 9.93. The Labute approximate surface area is 265 Å². The lowest BCUT2D eigenvalue weighted by molar-refractivity contribution is 1.18. The van der Waals surface area contributed by atoms with E-state index in [0.29, 0.717) is 0 Å². The standard InChI is InChI=1S/C42H28N2S/c1-3-11-29(12-4-1)30-19-21-32(22-20-30)43(31-13-5-2-6-14-31)34-23-25-36-35-15-7-9-17-39(35)44(40(36)28-34)33-24-26-42-38(27-33)37-16-8-10-18-41(37)45-42/h1-28H. The number of aromatic nitrogens is 1. The summed E-state index contributed by atoms with van der Waals surface area (Å²) in [5.74, 6) is 0. The van der Waals surface area contributed by atoms with Crippen molar-refractivity contribution >= 4 is 70.4 Å². The highest BCUT2D eigenvalue weighted by Crippen LogP contribution is 2.41. The van der Waals surface area contributed by atoms with Gasteiger partial charge in [0.15, 0.2) is 0 Å². The fraction of sp³-hybridized carbons (Fsp3) is 0. The first-order chi connectivity index (χ1) is 22.3. The average Bonchev–Trinajstić information content (AvgIpc) is 3.64. The van der Waals surface area contributed by atoms with Gasteiger partial charge in [-0.1, -0.05) is 103 Å². The van der Waals surface area contributed by atoms with Crippen LogP contribution >= 0.6 is 11.3 Å². The maximum atomic E-state index is 2.43. The Hall–Kier alpha value is -5.64. The highest BCUT2D eigenvalue weighted by atomic mass is 32.1. The number of anilines is 3. The third-order valence-electron chi connectivity index (χ3n) is 8.78. The van der Waals surface area contributed by atoms with Gasteiger partial charge in [-0.25, -0.2) is 0 Å². The van der Waals surface area contributed by atoms with E-state index >= 15 is 0 Å². The van der Waals surface area contributed by atoms with Crippen LogP contribution in [0.4, 0.5) is 17.1 Å². The second-order valence-corrected chi connectivity index (χ2v) is 12.5. The van der Waals surface area contributed by atoms with E-state index in [1.54, 1.807) is 0 Å². The van der Waals surface area contributed by atoms with E-state index in [1.165, 1.54) is 58.8 Å². The zero-order chi connectivity index (χ0) is 29.7. The SMILES string of the molecule is c1ccc(-c2ccc(N(c3ccccc3)c3ccc4c5ccccc5n(-c5ccc6sc7ccccc7c6c5)c4c3)cc2)cc1. The van der Waals surface area contributed by atoms with Crippen LogP contribution < -0.4 is 4.90 Å². The molecular formula is C42H28N2S. The number of hydrogen-bond donors (Lipinski definition) is 0. The van der Waals surface area contributed by atoms with Crippen LogP contribution in [0.15, 0.2) is 170 Å². The van der Waals surface area contributed by atoms with Gasteiger partial charge >= 0.3 is 0 Å². The van der Waals surface area contributed by atoms with Gasteiger partial charge in [-0.15, -0.1) is 11.3 Å². The predicted octanol–water partition coefficient (Wildman–Crippen LogP) is 12.3. The van der Waals surface area contributed by atoms with Crippen molar-refractivity contribution in [3.05, 3.63) is 170 Å². The summed E-state index contributed by atoms with van der Waals surface area (Å²) in [4.78, 5) is 2.35. The van der Waals surface area contributed by atoms with Crippen molar-refractivity contribution in [3.63, 3.8) is 0 Å². The molecule has 212 valence electrons. The summed E-state index contributed by atoms with van der Waals surface area (Å²) in [6, 6.07) is 61.4. The highest BCUT2D eigenvalue weighted by Gasteiger charge is 2.18. The molecule has 0 atom stereocenters. The largest absolute Gasteiger partial charge is 0.310 e. The predicted molar refractivity (Wildman–Crippen MR) is 194 cm³/mol. The van der Waals surface area contributed by atoms with Crippen molar-refractivity contribution < 1.29 is 0 Å². The van der Waals surface area contributed by atoms with Gasteiger partial charge in [0.1, 0.15) is 0 Å². The van der Waals surface area contributed by atoms with Gasteiger partial charge < -0.3 is 9.47 Å². The molecule has 0 aliphatic carbocycles. The van der Waals surface area contributed by atoms with E-state index in [4.69, 9.17) is 0 Å². The topological polar surface area (TPSA) is 8.17 Å². The van der Waals surface area contributed by atoms with Crippen molar-refractivity contribution in [1.82, 2.24) is 4.57 Å². The molecule has 2 nitrogen and oxygen atoms in total. The van der Waals surface area contributed by atoms with Crippen molar-refractivity contribution in [1.29, 1.82) is 0 Å². The number of nitrogens with zero attached hydrogens (tertiary/aromatic N) is 2. The third kappa shape index (κ3) is 4.32. The zero-order valence-electron chi connectivity index (χ0n) is 24.5. The first kappa shape index (κ1) is 25.8. The fourth-order valence-corrected chi connectivity index (χ4v) is 7.77. The van der Waals surface area contributed by atoms with Gasteiger partial charge in [0.2, 0.25) is 0 Å². The Bertz CT molecular complexity index is 2470. The summed E-state index contributed by atoms with van der Waals surface area (Å²) >= 11 is 1.86. The summed E-state index contributed by atoms with van der Waals surface area (Å²) in [5.41, 5.74) is 9.36. The quantitative estimate of drug-likeness (QED) is 0.193. The first-order valence-corrected chi connectivity index (χ1v) is 16.1. The summed E-state index contributed by atoms with van der Waals surface area (Å²) in [5, 5.41) is 5.12. The second kappa shape index (κ2) is 10.5. The molecule has 0 aliphatic heterocycles. The van der Waals surface area contributed by atoms with Crippen molar-refractivity contribution in [2.24, 2.45) is 0 Å². The fourth-order valence-electron chi connectivity index (χ4n) is 6.69. The molecule has 0 amide bonds. The maximum Gasteiger partial charge on any atom is 0.0561 e. The molecule has 0 radical (unpaired) electrons. The lowest BCUT2D eigenvalue weighted by Crippen LogP contribution is -2.10. The number of rotatable bonds is 5. The van der Waals surface area contributed by atoms with Gasteiger partial charge in [-0.05, 0) is 77.9 Å². The van der Waals surface area contributed by atoms with Crippen LogP contribution in [0.25, 0.3) is 58.8 Å². The van der Waals surface area contributed by atoms with E-state index in [0.717, 1.165) is 17.1 Å². The van der Waals surface area contributed by atoms with E-state index < -0.39 is 0 Å². The van der Waals surface area contributed by atoms with Gasteiger partial charge in [-0.2, -0.15) is 0 Å². The molecule has 0 fully saturated rings. The molecule has 0 N–H and O–H groups in total. The maximum absolute atomic E-state index is 2.43. The van der Waals surface area contributed by atoms with Crippen molar-refractivity contribution in [2.45, 2.75) is 0 Å². The molecule has 0 aliphatic rings. The minimum Gasteiger partial charge on any atom is -0.310 e. The number of benzene rings is 7. The summed E-state index contributed by atoms with van der Waals surface area (Å²) in [6.45, 7) is 0. The smallest absolute Gasteiger partial charge is 0.0561 e. The molecular weight excluding hydrogens is 565 g/mol. The second-order valence-electron chi connectivity index (χ2n) is 11.4. The molecule has 0 spiro atoms. The number of fused-ring (bicyclic) bond motifs is 6. The lowest BCUT2D eigenvalue weighted by atomic mass is 10.0. The highest BCUT2D eigenvalue weighted by molar-refractivity contribution is 7.25. The molecule has 9 rings (SSSR count). The Morgan fingerprint density at radius 3 is 1.80 bits per heavy atom. The first-order valence-electron chi connectivity index (χ1n) is 15.3. The van der Waals surface area contributed by atoms with Crippen molar-refractivity contribution in [3.8, 4) is 16.8 Å². The van der Waals surface area contributed by atoms with Crippen LogP contribution in [-0.4, -0.2) is 4.57 Å². The molecule has 2 heterocycles. The molecule has 0 saturated carbocycles. The summed E-state index contributed by atoms with van der Waals surface area (Å²) < 4.78 is 5.07. The van der Waals surface area contributed by atoms with Gasteiger partial charge in [-0.3, -0.25) is 0 Å². The Morgan fingerprint density at radius 1 is 0.378 bits per heavy atom. The Balaban J connectivity index is 1.25. The monoisotopic (exact) mass is 592 g/mol. The molecule has 45 heavy (non-hydrogen) atoms. The Morgan fingerprint density at radius 2 is 0.978 bits per heavy atom. The molecule has 0 unspecified atom stereocenters. The van der Waals surface area contributed by atoms with Crippen LogP contribution in [0, 0.1) is 0 Å². The Kier molecular flexibility index (Phi) is 6.03. The minimum absolute atomic E-state index is 1.12. The number of para-hydroxylation sites is 2. The molecule has 7 aromatic carbocycles. The molecule has 9 aromatic rings. The lowest BCUT2D eigenvalue weighted by Gasteiger charge is -2.26. The molecule has 2 aromatic heterocycles. The van der Waals surface area contributed by atoms with Crippen LogP contribution in [0.5, 0.6) is 0 Å². The van der Waals surface area contributed by atoms with Crippen LogP contribution in [-0.2, 0) is 0 Å². The molecule has 0 bridgehead atoms. The summed E-state index contributed by atoms with van der Waals surface area (Å²) in [6.07, 6.45) is 0.